The van der Waals surface area contributed by atoms with Gasteiger partial charge in [-0.25, -0.2) is 0 Å². The van der Waals surface area contributed by atoms with E-state index in [4.69, 9.17) is 9.47 Å². The Morgan fingerprint density at radius 3 is 2.93 bits per heavy atom. The smallest absolute Gasteiger partial charge is 0.119 e. The van der Waals surface area contributed by atoms with Crippen LogP contribution in [0.2, 0.25) is 0 Å². The zero-order valence-electron chi connectivity index (χ0n) is 8.41. The maximum absolute atomic E-state index is 5.40. The van der Waals surface area contributed by atoms with Crippen LogP contribution in [0, 0.1) is 0 Å². The molecular weight excluding hydrogens is 178 g/mol. The van der Waals surface area contributed by atoms with Crippen molar-refractivity contribution in [1.82, 2.24) is 0 Å². The van der Waals surface area contributed by atoms with Gasteiger partial charge in [0, 0.05) is 12.6 Å². The van der Waals surface area contributed by atoms with Crippen LogP contribution < -0.4 is 4.74 Å². The molecule has 0 saturated carbocycles. The van der Waals surface area contributed by atoms with E-state index in [1.165, 1.54) is 5.56 Å². The van der Waals surface area contributed by atoms with Gasteiger partial charge in [0.25, 0.3) is 0 Å². The lowest BCUT2D eigenvalue weighted by Crippen LogP contribution is -2.19. The number of hydrogen-bond donors (Lipinski definition) is 0. The largest absolute Gasteiger partial charge is 0.497 e. The minimum Gasteiger partial charge on any atom is -0.497 e. The van der Waals surface area contributed by atoms with Crippen LogP contribution >= 0.6 is 0 Å². The highest BCUT2D eigenvalue weighted by Crippen LogP contribution is 2.22. The van der Waals surface area contributed by atoms with Crippen LogP contribution in [-0.4, -0.2) is 26.5 Å². The lowest BCUT2D eigenvalue weighted by Gasteiger charge is -2.18. The average Bonchev–Trinajstić information content (AvgIpc) is 2.27. The number of fused-ring (bicyclic) bond motifs is 1. The van der Waals surface area contributed by atoms with Crippen molar-refractivity contribution in [1.29, 1.82) is 0 Å². The fourth-order valence-electron chi connectivity index (χ4n) is 1.60. The molecule has 0 aliphatic carbocycles. The molecule has 1 aliphatic heterocycles. The molecule has 0 aromatic heterocycles. The highest BCUT2D eigenvalue weighted by Gasteiger charge is 2.15. The molecule has 3 heteroatoms. The van der Waals surface area contributed by atoms with Crippen LogP contribution in [0.15, 0.2) is 23.2 Å². The lowest BCUT2D eigenvalue weighted by molar-refractivity contribution is 0.152. The van der Waals surface area contributed by atoms with E-state index in [0.29, 0.717) is 13.2 Å². The lowest BCUT2D eigenvalue weighted by atomic mass is 10.0. The van der Waals surface area contributed by atoms with Gasteiger partial charge in [0.1, 0.15) is 5.75 Å². The molecule has 0 bridgehead atoms. The second-order valence-electron chi connectivity index (χ2n) is 3.19. The summed E-state index contributed by atoms with van der Waals surface area (Å²) in [5, 5.41) is 0. The predicted octanol–water partition coefficient (Wildman–Crippen LogP) is 1.64. The molecule has 0 unspecified atom stereocenters. The maximum atomic E-state index is 5.40. The number of rotatable bonds is 1. The van der Waals surface area contributed by atoms with Crippen molar-refractivity contribution >= 4 is 5.71 Å². The maximum Gasteiger partial charge on any atom is 0.119 e. The van der Waals surface area contributed by atoms with Crippen molar-refractivity contribution in [3.8, 4) is 5.75 Å². The molecule has 0 spiro atoms. The fraction of sp³-hybridized carbons (Fsp3) is 0.364. The molecule has 1 heterocycles. The van der Waals surface area contributed by atoms with Gasteiger partial charge < -0.3 is 9.47 Å². The first kappa shape index (κ1) is 9.21. The molecule has 3 nitrogen and oxygen atoms in total. The minimum atomic E-state index is 0.594. The molecule has 0 amide bonds. The van der Waals surface area contributed by atoms with Gasteiger partial charge in [-0.1, -0.05) is 6.07 Å². The van der Waals surface area contributed by atoms with E-state index >= 15 is 0 Å². The summed E-state index contributed by atoms with van der Waals surface area (Å²) in [6.45, 7) is 1.26. The fourth-order valence-corrected chi connectivity index (χ4v) is 1.60. The number of nitrogens with zero attached hydrogens (tertiary/aromatic N) is 1. The monoisotopic (exact) mass is 191 g/mol. The number of hydrogen-bond acceptors (Lipinski definition) is 3. The summed E-state index contributed by atoms with van der Waals surface area (Å²) < 4.78 is 10.6. The van der Waals surface area contributed by atoms with Crippen molar-refractivity contribution in [2.24, 2.45) is 4.99 Å². The Hall–Kier alpha value is -1.35. The van der Waals surface area contributed by atoms with E-state index in [0.717, 1.165) is 17.0 Å². The third-order valence-corrected chi connectivity index (χ3v) is 2.39. The molecular formula is C11H13NO2. The van der Waals surface area contributed by atoms with Gasteiger partial charge in [-0.3, -0.25) is 4.99 Å². The predicted molar refractivity (Wildman–Crippen MR) is 55.1 cm³/mol. The van der Waals surface area contributed by atoms with E-state index in [9.17, 15) is 0 Å². The molecule has 1 aliphatic rings. The quantitative estimate of drug-likeness (QED) is 0.675. The molecule has 1 aromatic carbocycles. The van der Waals surface area contributed by atoms with Crippen LogP contribution in [0.25, 0.3) is 0 Å². The van der Waals surface area contributed by atoms with Gasteiger partial charge in [0.2, 0.25) is 0 Å². The first-order chi connectivity index (χ1) is 6.85. The van der Waals surface area contributed by atoms with Crippen LogP contribution in [-0.2, 0) is 11.3 Å². The molecule has 14 heavy (non-hydrogen) atoms. The van der Waals surface area contributed by atoms with Crippen molar-refractivity contribution in [2.75, 3.05) is 20.8 Å². The number of methoxy groups -OCH3 is 1. The van der Waals surface area contributed by atoms with E-state index in [-0.39, 0.29) is 0 Å². The second-order valence-corrected chi connectivity index (χ2v) is 3.19. The number of ether oxygens (including phenoxy) is 2. The molecule has 1 aromatic rings. The summed E-state index contributed by atoms with van der Waals surface area (Å²) in [6, 6.07) is 5.99. The van der Waals surface area contributed by atoms with Gasteiger partial charge >= 0.3 is 0 Å². The van der Waals surface area contributed by atoms with Gasteiger partial charge in [-0.05, 0) is 17.7 Å². The zero-order chi connectivity index (χ0) is 9.97. The highest BCUT2D eigenvalue weighted by atomic mass is 16.5. The van der Waals surface area contributed by atoms with E-state index in [1.54, 1.807) is 14.2 Å². The standard InChI is InChI=1S/C11H13NO2/c1-12-11-7-14-6-8-3-4-9(13-2)5-10(8)11/h3-5H,6-7H2,1-2H3/b12-11+. The van der Waals surface area contributed by atoms with Crippen molar-refractivity contribution in [2.45, 2.75) is 6.61 Å². The van der Waals surface area contributed by atoms with Crippen molar-refractivity contribution in [3.63, 3.8) is 0 Å². The molecule has 2 rings (SSSR count). The van der Waals surface area contributed by atoms with Crippen LogP contribution in [0.1, 0.15) is 11.1 Å². The number of aliphatic imine (C=N–C) groups is 1. The molecule has 0 fully saturated rings. The summed E-state index contributed by atoms with van der Waals surface area (Å²) in [5.41, 5.74) is 3.32. The summed E-state index contributed by atoms with van der Waals surface area (Å²) in [7, 11) is 3.46. The Balaban J connectivity index is 2.49. The third-order valence-electron chi connectivity index (χ3n) is 2.39. The molecule has 0 saturated heterocycles. The average molecular weight is 191 g/mol. The Kier molecular flexibility index (Phi) is 2.50. The third kappa shape index (κ3) is 1.51. The summed E-state index contributed by atoms with van der Waals surface area (Å²) >= 11 is 0. The van der Waals surface area contributed by atoms with Gasteiger partial charge in [-0.2, -0.15) is 0 Å². The Bertz CT molecular complexity index is 372. The molecule has 0 atom stereocenters. The second kappa shape index (κ2) is 3.80. The summed E-state index contributed by atoms with van der Waals surface area (Å²) in [5.74, 6) is 0.867. The molecule has 74 valence electrons. The topological polar surface area (TPSA) is 30.8 Å². The minimum absolute atomic E-state index is 0.594. The van der Waals surface area contributed by atoms with E-state index in [2.05, 4.69) is 4.99 Å². The van der Waals surface area contributed by atoms with E-state index in [1.807, 2.05) is 18.2 Å². The first-order valence-corrected chi connectivity index (χ1v) is 4.56. The van der Waals surface area contributed by atoms with Crippen LogP contribution in [0.5, 0.6) is 5.75 Å². The van der Waals surface area contributed by atoms with Crippen molar-refractivity contribution in [3.05, 3.63) is 29.3 Å². The summed E-state index contributed by atoms with van der Waals surface area (Å²) in [4.78, 5) is 4.20. The van der Waals surface area contributed by atoms with Crippen LogP contribution in [0.3, 0.4) is 0 Å². The Morgan fingerprint density at radius 2 is 2.21 bits per heavy atom. The van der Waals surface area contributed by atoms with E-state index < -0.39 is 0 Å². The van der Waals surface area contributed by atoms with Gasteiger partial charge in [0.05, 0.1) is 26.0 Å². The summed E-state index contributed by atoms with van der Waals surface area (Å²) in [6.07, 6.45) is 0. The first-order valence-electron chi connectivity index (χ1n) is 4.56. The molecule has 0 radical (unpaired) electrons. The van der Waals surface area contributed by atoms with Gasteiger partial charge in [0.15, 0.2) is 0 Å². The van der Waals surface area contributed by atoms with Gasteiger partial charge in [-0.15, -0.1) is 0 Å². The number of benzene rings is 1. The zero-order valence-corrected chi connectivity index (χ0v) is 8.41. The SMILES string of the molecule is C/N=C1\COCc2ccc(OC)cc21. The molecule has 0 N–H and O–H groups in total. The van der Waals surface area contributed by atoms with Crippen molar-refractivity contribution < 1.29 is 9.47 Å². The Labute approximate surface area is 83.4 Å². The van der Waals surface area contributed by atoms with Crippen LogP contribution in [0.4, 0.5) is 0 Å². The normalized spacial score (nSPS) is 18.0. The highest BCUT2D eigenvalue weighted by molar-refractivity contribution is 6.03. The Morgan fingerprint density at radius 1 is 1.36 bits per heavy atom.